The summed E-state index contributed by atoms with van der Waals surface area (Å²) in [5.74, 6) is -1.09. The molecule has 0 saturated heterocycles. The topological polar surface area (TPSA) is 92.4 Å². The quantitative estimate of drug-likeness (QED) is 0.563. The van der Waals surface area contributed by atoms with Gasteiger partial charge in [-0.3, -0.25) is 9.59 Å². The van der Waals surface area contributed by atoms with Crippen LogP contribution in [0.5, 0.6) is 0 Å². The molecule has 100 valence electrons. The van der Waals surface area contributed by atoms with Gasteiger partial charge in [0.05, 0.1) is 5.92 Å². The first-order valence-electron chi connectivity index (χ1n) is 6.20. The summed E-state index contributed by atoms with van der Waals surface area (Å²) in [5.41, 5.74) is 5.45. The van der Waals surface area contributed by atoms with Gasteiger partial charge in [-0.05, 0) is 25.3 Å². The minimum absolute atomic E-state index is 0.0901. The van der Waals surface area contributed by atoms with E-state index in [9.17, 15) is 9.59 Å². The van der Waals surface area contributed by atoms with Crippen molar-refractivity contribution in [3.8, 4) is 0 Å². The van der Waals surface area contributed by atoms with Crippen molar-refractivity contribution >= 4 is 11.9 Å². The predicted octanol–water partition coefficient (Wildman–Crippen LogP) is 0.979. The van der Waals surface area contributed by atoms with Crippen LogP contribution < -0.4 is 11.1 Å². The number of carboxylic acids is 1. The minimum atomic E-state index is -0.845. The summed E-state index contributed by atoms with van der Waals surface area (Å²) in [4.78, 5) is 22.3. The van der Waals surface area contributed by atoms with Gasteiger partial charge in [0.15, 0.2) is 0 Å². The Kier molecular flexibility index (Phi) is 8.40. The SMILES string of the molecule is CCCC(CNC(=O)CCC(C)CN)C(=O)O. The first kappa shape index (κ1) is 15.9. The summed E-state index contributed by atoms with van der Waals surface area (Å²) in [6.45, 7) is 4.71. The zero-order valence-electron chi connectivity index (χ0n) is 10.7. The van der Waals surface area contributed by atoms with Crippen molar-refractivity contribution in [2.75, 3.05) is 13.1 Å². The maximum absolute atomic E-state index is 11.4. The number of amides is 1. The van der Waals surface area contributed by atoms with E-state index in [1.165, 1.54) is 0 Å². The Morgan fingerprint density at radius 2 is 2.00 bits per heavy atom. The third kappa shape index (κ3) is 7.74. The average Bonchev–Trinajstić information content (AvgIpc) is 2.30. The lowest BCUT2D eigenvalue weighted by Crippen LogP contribution is -2.33. The van der Waals surface area contributed by atoms with Crippen LogP contribution in [0.1, 0.15) is 39.5 Å². The Labute approximate surface area is 103 Å². The van der Waals surface area contributed by atoms with Gasteiger partial charge in [0.1, 0.15) is 0 Å². The first-order valence-corrected chi connectivity index (χ1v) is 6.20. The standard InChI is InChI=1S/C12H24N2O3/c1-3-4-10(12(16)17)8-14-11(15)6-5-9(2)7-13/h9-10H,3-8,13H2,1-2H3,(H,14,15)(H,16,17). The van der Waals surface area contributed by atoms with Gasteiger partial charge < -0.3 is 16.2 Å². The fraction of sp³-hybridized carbons (Fsp3) is 0.833. The molecule has 0 spiro atoms. The molecular formula is C12H24N2O3. The molecule has 1 amide bonds. The van der Waals surface area contributed by atoms with E-state index >= 15 is 0 Å². The molecule has 5 nitrogen and oxygen atoms in total. The number of nitrogens with two attached hydrogens (primary N) is 1. The lowest BCUT2D eigenvalue weighted by molar-refractivity contribution is -0.141. The number of carboxylic acid groups (broad SMARTS) is 1. The maximum atomic E-state index is 11.4. The summed E-state index contributed by atoms with van der Waals surface area (Å²) in [5, 5.41) is 11.6. The lowest BCUT2D eigenvalue weighted by atomic mass is 10.0. The van der Waals surface area contributed by atoms with Crippen LogP contribution in [0.4, 0.5) is 0 Å². The molecule has 2 atom stereocenters. The molecule has 5 heteroatoms. The van der Waals surface area contributed by atoms with E-state index in [0.29, 0.717) is 25.3 Å². The fourth-order valence-corrected chi connectivity index (χ4v) is 1.48. The predicted molar refractivity (Wildman–Crippen MR) is 66.5 cm³/mol. The minimum Gasteiger partial charge on any atom is -0.481 e. The molecular weight excluding hydrogens is 220 g/mol. The number of nitrogens with one attached hydrogen (secondary N) is 1. The van der Waals surface area contributed by atoms with Crippen LogP contribution >= 0.6 is 0 Å². The Balaban J connectivity index is 3.84. The molecule has 0 heterocycles. The van der Waals surface area contributed by atoms with Crippen LogP contribution in [0.15, 0.2) is 0 Å². The third-order valence-electron chi connectivity index (χ3n) is 2.80. The van der Waals surface area contributed by atoms with Crippen molar-refractivity contribution in [2.24, 2.45) is 17.6 Å². The van der Waals surface area contributed by atoms with E-state index < -0.39 is 11.9 Å². The number of aliphatic carboxylic acids is 1. The van der Waals surface area contributed by atoms with Gasteiger partial charge >= 0.3 is 5.97 Å². The van der Waals surface area contributed by atoms with Gasteiger partial charge in [0.25, 0.3) is 0 Å². The maximum Gasteiger partial charge on any atom is 0.308 e. The number of rotatable bonds is 9. The van der Waals surface area contributed by atoms with Gasteiger partial charge in [-0.25, -0.2) is 0 Å². The molecule has 17 heavy (non-hydrogen) atoms. The summed E-state index contributed by atoms with van der Waals surface area (Å²) in [6, 6.07) is 0. The smallest absolute Gasteiger partial charge is 0.308 e. The van der Waals surface area contributed by atoms with Crippen molar-refractivity contribution < 1.29 is 14.7 Å². The highest BCUT2D eigenvalue weighted by atomic mass is 16.4. The highest BCUT2D eigenvalue weighted by Gasteiger charge is 2.17. The van der Waals surface area contributed by atoms with Gasteiger partial charge in [-0.15, -0.1) is 0 Å². The molecule has 0 aromatic heterocycles. The molecule has 0 saturated carbocycles. The molecule has 0 fully saturated rings. The van der Waals surface area contributed by atoms with E-state index in [1.807, 2.05) is 13.8 Å². The van der Waals surface area contributed by atoms with Crippen molar-refractivity contribution in [3.05, 3.63) is 0 Å². The Morgan fingerprint density at radius 1 is 1.35 bits per heavy atom. The monoisotopic (exact) mass is 244 g/mol. The molecule has 0 bridgehead atoms. The van der Waals surface area contributed by atoms with Crippen LogP contribution in [0.2, 0.25) is 0 Å². The average molecular weight is 244 g/mol. The summed E-state index contributed by atoms with van der Waals surface area (Å²) in [7, 11) is 0. The van der Waals surface area contributed by atoms with E-state index in [-0.39, 0.29) is 12.5 Å². The van der Waals surface area contributed by atoms with Crippen LogP contribution in [0.3, 0.4) is 0 Å². The fourth-order valence-electron chi connectivity index (χ4n) is 1.48. The van der Waals surface area contributed by atoms with Crippen molar-refractivity contribution in [1.82, 2.24) is 5.32 Å². The van der Waals surface area contributed by atoms with E-state index in [1.54, 1.807) is 0 Å². The van der Waals surface area contributed by atoms with Gasteiger partial charge in [0, 0.05) is 13.0 Å². The van der Waals surface area contributed by atoms with Crippen LogP contribution in [-0.2, 0) is 9.59 Å². The van der Waals surface area contributed by atoms with Gasteiger partial charge in [-0.2, -0.15) is 0 Å². The summed E-state index contributed by atoms with van der Waals surface area (Å²) >= 11 is 0. The largest absolute Gasteiger partial charge is 0.481 e. The second-order valence-electron chi connectivity index (χ2n) is 4.51. The van der Waals surface area contributed by atoms with Crippen molar-refractivity contribution in [2.45, 2.75) is 39.5 Å². The number of carbonyl (C=O) groups excluding carboxylic acids is 1. The van der Waals surface area contributed by atoms with E-state index in [4.69, 9.17) is 10.8 Å². The molecule has 0 rings (SSSR count). The second-order valence-corrected chi connectivity index (χ2v) is 4.51. The number of hydrogen-bond donors (Lipinski definition) is 3. The summed E-state index contributed by atoms with van der Waals surface area (Å²) in [6.07, 6.45) is 2.55. The Hall–Kier alpha value is -1.10. The molecule has 4 N–H and O–H groups in total. The Bertz CT molecular complexity index is 244. The highest BCUT2D eigenvalue weighted by Crippen LogP contribution is 2.06. The summed E-state index contributed by atoms with van der Waals surface area (Å²) < 4.78 is 0. The van der Waals surface area contributed by atoms with Crippen LogP contribution in [0, 0.1) is 11.8 Å². The molecule has 0 aliphatic rings. The van der Waals surface area contributed by atoms with Crippen molar-refractivity contribution in [3.63, 3.8) is 0 Å². The zero-order chi connectivity index (χ0) is 13.3. The molecule has 0 aliphatic heterocycles. The second kappa shape index (κ2) is 8.98. The van der Waals surface area contributed by atoms with Gasteiger partial charge in [-0.1, -0.05) is 20.3 Å². The van der Waals surface area contributed by atoms with Crippen LogP contribution in [0.25, 0.3) is 0 Å². The lowest BCUT2D eigenvalue weighted by Gasteiger charge is -2.13. The highest BCUT2D eigenvalue weighted by molar-refractivity contribution is 5.77. The number of hydrogen-bond acceptors (Lipinski definition) is 3. The van der Waals surface area contributed by atoms with Crippen molar-refractivity contribution in [1.29, 1.82) is 0 Å². The molecule has 0 aromatic carbocycles. The molecule has 0 aliphatic carbocycles. The zero-order valence-corrected chi connectivity index (χ0v) is 10.7. The normalized spacial score (nSPS) is 14.1. The molecule has 2 unspecified atom stereocenters. The number of carbonyl (C=O) groups is 2. The first-order chi connectivity index (χ1) is 8.01. The van der Waals surface area contributed by atoms with E-state index in [0.717, 1.165) is 12.8 Å². The third-order valence-corrected chi connectivity index (χ3v) is 2.80. The van der Waals surface area contributed by atoms with Gasteiger partial charge in [0.2, 0.25) is 5.91 Å². The molecule has 0 radical (unpaired) electrons. The van der Waals surface area contributed by atoms with Crippen LogP contribution in [-0.4, -0.2) is 30.1 Å². The Morgan fingerprint density at radius 3 is 2.47 bits per heavy atom. The molecule has 0 aromatic rings. The van der Waals surface area contributed by atoms with E-state index in [2.05, 4.69) is 5.32 Å².